The molecule has 1 aromatic rings. The number of hydrogen-bond acceptors (Lipinski definition) is 5. The van der Waals surface area contributed by atoms with Crippen molar-refractivity contribution in [3.63, 3.8) is 0 Å². The van der Waals surface area contributed by atoms with Crippen molar-refractivity contribution in [2.45, 2.75) is 31.4 Å². The molecule has 2 heterocycles. The van der Waals surface area contributed by atoms with Crippen LogP contribution < -0.4 is 5.32 Å². The minimum Gasteiger partial charge on any atom is -0.463 e. The lowest BCUT2D eigenvalue weighted by Gasteiger charge is -2.17. The number of rotatable bonds is 5. The molecule has 0 aromatic carbocycles. The summed E-state index contributed by atoms with van der Waals surface area (Å²) in [6.07, 6.45) is 3.33. The van der Waals surface area contributed by atoms with Gasteiger partial charge in [0.1, 0.15) is 5.76 Å². The van der Waals surface area contributed by atoms with Crippen molar-refractivity contribution >= 4 is 5.97 Å². The highest BCUT2D eigenvalue weighted by Gasteiger charge is 2.23. The van der Waals surface area contributed by atoms with Gasteiger partial charge in [0.2, 0.25) is 5.76 Å². The molecule has 0 radical (unpaired) electrons. The van der Waals surface area contributed by atoms with Crippen molar-refractivity contribution in [2.24, 2.45) is 0 Å². The second-order valence-electron chi connectivity index (χ2n) is 4.41. The van der Waals surface area contributed by atoms with Crippen LogP contribution in [0.5, 0.6) is 0 Å². The maximum Gasteiger partial charge on any atom is 0.373 e. The summed E-state index contributed by atoms with van der Waals surface area (Å²) in [5.74, 6) is 0.529. The van der Waals surface area contributed by atoms with Gasteiger partial charge in [0, 0.05) is 6.61 Å². The van der Waals surface area contributed by atoms with E-state index >= 15 is 0 Å². The van der Waals surface area contributed by atoms with Crippen molar-refractivity contribution in [3.05, 3.63) is 23.7 Å². The molecule has 1 saturated heterocycles. The molecule has 1 aromatic heterocycles. The van der Waals surface area contributed by atoms with Gasteiger partial charge >= 0.3 is 5.97 Å². The van der Waals surface area contributed by atoms with E-state index in [0.717, 1.165) is 31.6 Å². The normalized spacial score (nSPS) is 20.9. The molecule has 1 aliphatic rings. The number of methoxy groups -OCH3 is 1. The Kier molecular flexibility index (Phi) is 4.38. The van der Waals surface area contributed by atoms with Gasteiger partial charge < -0.3 is 19.2 Å². The fraction of sp³-hybridized carbons (Fsp3) is 0.615. The van der Waals surface area contributed by atoms with Gasteiger partial charge in [0.05, 0.1) is 19.3 Å². The number of carbonyl (C=O) groups excluding carboxylic acids is 1. The highest BCUT2D eigenvalue weighted by molar-refractivity contribution is 5.86. The highest BCUT2D eigenvalue weighted by atomic mass is 16.5. The van der Waals surface area contributed by atoms with Crippen LogP contribution in [0.15, 0.2) is 16.5 Å². The molecule has 0 amide bonds. The lowest BCUT2D eigenvalue weighted by molar-refractivity contribution is 0.0560. The van der Waals surface area contributed by atoms with Crippen LogP contribution in [0.25, 0.3) is 0 Å². The van der Waals surface area contributed by atoms with Crippen molar-refractivity contribution in [1.29, 1.82) is 0 Å². The molecule has 1 aliphatic heterocycles. The number of esters is 1. The third-order valence-corrected chi connectivity index (χ3v) is 3.23. The molecule has 1 fully saturated rings. The maximum absolute atomic E-state index is 11.3. The molecule has 0 bridgehead atoms. The van der Waals surface area contributed by atoms with Gasteiger partial charge in [0.25, 0.3) is 0 Å². The van der Waals surface area contributed by atoms with Gasteiger partial charge in [-0.2, -0.15) is 0 Å². The quantitative estimate of drug-likeness (QED) is 0.812. The smallest absolute Gasteiger partial charge is 0.373 e. The summed E-state index contributed by atoms with van der Waals surface area (Å²) in [5.41, 5.74) is 0. The van der Waals surface area contributed by atoms with Crippen LogP contribution >= 0.6 is 0 Å². The monoisotopic (exact) mass is 253 g/mol. The van der Waals surface area contributed by atoms with Crippen LogP contribution in [0.2, 0.25) is 0 Å². The lowest BCUT2D eigenvalue weighted by Crippen LogP contribution is -2.21. The third-order valence-electron chi connectivity index (χ3n) is 3.23. The molecule has 18 heavy (non-hydrogen) atoms. The van der Waals surface area contributed by atoms with E-state index < -0.39 is 5.97 Å². The van der Waals surface area contributed by atoms with Crippen LogP contribution in [0, 0.1) is 0 Å². The van der Waals surface area contributed by atoms with Crippen LogP contribution in [-0.4, -0.2) is 32.8 Å². The number of ether oxygens (including phenoxy) is 2. The zero-order valence-electron chi connectivity index (χ0n) is 10.8. The standard InChI is InChI=1S/C13H19NO4/c1-14-10(8-9-4-3-7-17-9)11-5-6-12(18-11)13(15)16-2/h5-6,9-10,14H,3-4,7-8H2,1-2H3. The van der Waals surface area contributed by atoms with Gasteiger partial charge in [-0.3, -0.25) is 0 Å². The summed E-state index contributed by atoms with van der Waals surface area (Å²) >= 11 is 0. The predicted molar refractivity (Wildman–Crippen MR) is 65.4 cm³/mol. The van der Waals surface area contributed by atoms with Crippen molar-refractivity contribution in [1.82, 2.24) is 5.32 Å². The SMILES string of the molecule is CNC(CC1CCCO1)c1ccc(C(=O)OC)o1. The average molecular weight is 253 g/mol. The second-order valence-corrected chi connectivity index (χ2v) is 4.41. The molecular weight excluding hydrogens is 234 g/mol. The number of carbonyl (C=O) groups is 1. The van der Waals surface area contributed by atoms with E-state index in [-0.39, 0.29) is 17.9 Å². The number of hydrogen-bond donors (Lipinski definition) is 1. The first kappa shape index (κ1) is 13.1. The first-order chi connectivity index (χ1) is 8.74. The summed E-state index contributed by atoms with van der Waals surface area (Å²) in [7, 11) is 3.21. The first-order valence-electron chi connectivity index (χ1n) is 6.21. The van der Waals surface area contributed by atoms with E-state index in [1.165, 1.54) is 7.11 Å². The molecule has 2 atom stereocenters. The fourth-order valence-electron chi connectivity index (χ4n) is 2.22. The minimum atomic E-state index is -0.451. The molecule has 100 valence electrons. The Morgan fingerprint density at radius 3 is 3.06 bits per heavy atom. The summed E-state index contributed by atoms with van der Waals surface area (Å²) in [4.78, 5) is 11.3. The van der Waals surface area contributed by atoms with Gasteiger partial charge in [-0.15, -0.1) is 0 Å². The predicted octanol–water partition coefficient (Wildman–Crippen LogP) is 1.90. The zero-order chi connectivity index (χ0) is 13.0. The Morgan fingerprint density at radius 1 is 1.61 bits per heavy atom. The van der Waals surface area contributed by atoms with Gasteiger partial charge in [-0.05, 0) is 38.4 Å². The third kappa shape index (κ3) is 2.91. The lowest BCUT2D eigenvalue weighted by atomic mass is 10.1. The van der Waals surface area contributed by atoms with E-state index in [1.807, 2.05) is 13.1 Å². The van der Waals surface area contributed by atoms with Crippen LogP contribution in [-0.2, 0) is 9.47 Å². The summed E-state index contributed by atoms with van der Waals surface area (Å²) in [5, 5.41) is 3.19. The maximum atomic E-state index is 11.3. The van der Waals surface area contributed by atoms with Crippen LogP contribution in [0.1, 0.15) is 41.6 Å². The largest absolute Gasteiger partial charge is 0.463 e. The summed E-state index contributed by atoms with van der Waals surface area (Å²) in [6.45, 7) is 0.840. The Morgan fingerprint density at radius 2 is 2.44 bits per heavy atom. The zero-order valence-corrected chi connectivity index (χ0v) is 10.8. The summed E-state index contributed by atoms with van der Waals surface area (Å²) < 4.78 is 15.7. The molecular formula is C13H19NO4. The van der Waals surface area contributed by atoms with Crippen molar-refractivity contribution < 1.29 is 18.7 Å². The Balaban J connectivity index is 2.02. The van der Waals surface area contributed by atoms with Gasteiger partial charge in [-0.25, -0.2) is 4.79 Å². The minimum absolute atomic E-state index is 0.0616. The van der Waals surface area contributed by atoms with E-state index in [4.69, 9.17) is 9.15 Å². The topological polar surface area (TPSA) is 60.7 Å². The van der Waals surface area contributed by atoms with E-state index in [1.54, 1.807) is 6.07 Å². The van der Waals surface area contributed by atoms with Crippen LogP contribution in [0.3, 0.4) is 0 Å². The summed E-state index contributed by atoms with van der Waals surface area (Å²) in [6, 6.07) is 3.51. The molecule has 2 unspecified atom stereocenters. The molecule has 1 N–H and O–H groups in total. The molecule has 5 heteroatoms. The first-order valence-corrected chi connectivity index (χ1v) is 6.21. The second kappa shape index (κ2) is 6.02. The van der Waals surface area contributed by atoms with Crippen molar-refractivity contribution in [2.75, 3.05) is 20.8 Å². The average Bonchev–Trinajstić information content (AvgIpc) is 3.05. The van der Waals surface area contributed by atoms with Gasteiger partial charge in [-0.1, -0.05) is 0 Å². The van der Waals surface area contributed by atoms with Crippen molar-refractivity contribution in [3.8, 4) is 0 Å². The van der Waals surface area contributed by atoms with E-state index in [9.17, 15) is 4.79 Å². The Labute approximate surface area is 106 Å². The molecule has 0 spiro atoms. The number of nitrogens with one attached hydrogen (secondary N) is 1. The van der Waals surface area contributed by atoms with Crippen LogP contribution in [0.4, 0.5) is 0 Å². The van der Waals surface area contributed by atoms with E-state index in [0.29, 0.717) is 0 Å². The Hall–Kier alpha value is -1.33. The Bertz CT molecular complexity index is 395. The van der Waals surface area contributed by atoms with E-state index in [2.05, 4.69) is 10.1 Å². The molecule has 5 nitrogen and oxygen atoms in total. The fourth-order valence-corrected chi connectivity index (χ4v) is 2.22. The molecule has 2 rings (SSSR count). The molecule has 0 aliphatic carbocycles. The molecule has 0 saturated carbocycles. The number of furan rings is 1. The highest BCUT2D eigenvalue weighted by Crippen LogP contribution is 2.26. The van der Waals surface area contributed by atoms with Gasteiger partial charge in [0.15, 0.2) is 0 Å².